The summed E-state index contributed by atoms with van der Waals surface area (Å²) in [6.45, 7) is 0. The summed E-state index contributed by atoms with van der Waals surface area (Å²) >= 11 is 5.25. The van der Waals surface area contributed by atoms with Crippen LogP contribution >= 0.6 is 31.9 Å². The largest absolute Gasteiger partial charge is 0.297 e. The van der Waals surface area contributed by atoms with Crippen LogP contribution in [0.4, 0.5) is 17.6 Å². The molecule has 0 unspecified atom stereocenters. The number of halogens is 6. The zero-order valence-electron chi connectivity index (χ0n) is 12.5. The molecule has 0 bridgehead atoms. The fourth-order valence-electron chi connectivity index (χ4n) is 2.12. The molecule has 6 nitrogen and oxygen atoms in total. The lowest BCUT2D eigenvalue weighted by Gasteiger charge is -2.14. The van der Waals surface area contributed by atoms with E-state index >= 15 is 0 Å². The molecule has 148 valence electrons. The fourth-order valence-corrected chi connectivity index (χ4v) is 4.19. The van der Waals surface area contributed by atoms with Crippen molar-refractivity contribution >= 4 is 52.1 Å². The average molecular weight is 558 g/mol. The molecule has 2 aromatic carbocycles. The quantitative estimate of drug-likeness (QED) is 0.336. The molecule has 27 heavy (non-hydrogen) atoms. The molecule has 0 spiro atoms. The summed E-state index contributed by atoms with van der Waals surface area (Å²) in [6, 6.07) is 0.331. The van der Waals surface area contributed by atoms with Gasteiger partial charge in [-0.05, 0) is 44.0 Å². The SMILES string of the molecule is O=S(=O)(O)c1cc(F)c(Br)c(Cc2c(F)c(S(=O)(=O)O)cc(F)c2Br)c1F. The lowest BCUT2D eigenvalue weighted by molar-refractivity contribution is 0.467. The molecule has 0 fully saturated rings. The first-order valence-corrected chi connectivity index (χ1v) is 10.9. The summed E-state index contributed by atoms with van der Waals surface area (Å²) in [4.78, 5) is -2.91. The maximum absolute atomic E-state index is 14.5. The zero-order valence-corrected chi connectivity index (χ0v) is 17.3. The molecule has 0 aliphatic heterocycles. The van der Waals surface area contributed by atoms with E-state index in [9.17, 15) is 34.4 Å². The molecule has 0 saturated carbocycles. The topological polar surface area (TPSA) is 109 Å². The van der Waals surface area contributed by atoms with Crippen LogP contribution in [0.25, 0.3) is 0 Å². The normalized spacial score (nSPS) is 12.4. The Morgan fingerprint density at radius 1 is 0.741 bits per heavy atom. The molecule has 0 amide bonds. The molecular formula is C13H6Br2F4O6S2. The smallest absolute Gasteiger partial charge is 0.282 e. The molecule has 0 aromatic heterocycles. The van der Waals surface area contributed by atoms with Crippen molar-refractivity contribution in [3.63, 3.8) is 0 Å². The van der Waals surface area contributed by atoms with E-state index in [-0.39, 0.29) is 12.1 Å². The van der Waals surface area contributed by atoms with Gasteiger partial charge in [0.1, 0.15) is 33.1 Å². The highest BCUT2D eigenvalue weighted by atomic mass is 79.9. The van der Waals surface area contributed by atoms with Gasteiger partial charge in [-0.25, -0.2) is 17.6 Å². The highest BCUT2D eigenvalue weighted by molar-refractivity contribution is 9.10. The fraction of sp³-hybridized carbons (Fsp3) is 0.0769. The first-order valence-electron chi connectivity index (χ1n) is 6.44. The predicted octanol–water partition coefficient (Wildman–Crippen LogP) is 3.85. The maximum Gasteiger partial charge on any atom is 0.297 e. The van der Waals surface area contributed by atoms with Crippen molar-refractivity contribution in [3.05, 3.63) is 55.5 Å². The van der Waals surface area contributed by atoms with E-state index in [2.05, 4.69) is 31.9 Å². The van der Waals surface area contributed by atoms with Crippen LogP contribution in [0.2, 0.25) is 0 Å². The minimum Gasteiger partial charge on any atom is -0.282 e. The minimum absolute atomic E-state index is 0.166. The van der Waals surface area contributed by atoms with Gasteiger partial charge in [-0.2, -0.15) is 16.8 Å². The molecule has 0 radical (unpaired) electrons. The molecule has 14 heteroatoms. The van der Waals surface area contributed by atoms with Crippen molar-refractivity contribution in [2.45, 2.75) is 16.2 Å². The first-order chi connectivity index (χ1) is 12.2. The van der Waals surface area contributed by atoms with Gasteiger partial charge >= 0.3 is 0 Å². The van der Waals surface area contributed by atoms with Crippen molar-refractivity contribution in [1.29, 1.82) is 0 Å². The molecule has 0 aliphatic carbocycles. The lowest BCUT2D eigenvalue weighted by atomic mass is 10.0. The van der Waals surface area contributed by atoms with Gasteiger partial charge in [0.25, 0.3) is 20.2 Å². The van der Waals surface area contributed by atoms with Crippen LogP contribution in [-0.4, -0.2) is 25.9 Å². The van der Waals surface area contributed by atoms with E-state index < -0.39 is 79.8 Å². The molecule has 0 aliphatic rings. The Hall–Kier alpha value is -1.06. The third kappa shape index (κ3) is 4.35. The monoisotopic (exact) mass is 556 g/mol. The van der Waals surface area contributed by atoms with Crippen LogP contribution in [-0.2, 0) is 26.7 Å². The van der Waals surface area contributed by atoms with E-state index in [4.69, 9.17) is 9.11 Å². The Balaban J connectivity index is 2.83. The number of benzene rings is 2. The number of hydrogen-bond donors (Lipinski definition) is 2. The van der Waals surface area contributed by atoms with Gasteiger partial charge in [0.2, 0.25) is 0 Å². The van der Waals surface area contributed by atoms with E-state index in [1.165, 1.54) is 0 Å². The third-order valence-corrected chi connectivity index (χ3v) is 6.76. The van der Waals surface area contributed by atoms with Gasteiger partial charge in [0, 0.05) is 17.5 Å². The highest BCUT2D eigenvalue weighted by Gasteiger charge is 2.29. The average Bonchev–Trinajstić information content (AvgIpc) is 2.51. The summed E-state index contributed by atoms with van der Waals surface area (Å²) in [5.74, 6) is -6.03. The lowest BCUT2D eigenvalue weighted by Crippen LogP contribution is -2.11. The summed E-state index contributed by atoms with van der Waals surface area (Å²) in [7, 11) is -10.4. The standard InChI is InChI=1S/C13H6Br2F4O6S2/c14-10-4(12(18)8(2-6(10)16)26(20,21)22)1-5-11(15)7(17)3-9(13(5)19)27(23,24)25/h2-3H,1H2,(H,20,21,22)(H,23,24,25). The number of hydrogen-bond acceptors (Lipinski definition) is 4. The first kappa shape index (κ1) is 22.2. The molecule has 2 rings (SSSR count). The van der Waals surface area contributed by atoms with E-state index in [1.807, 2.05) is 0 Å². The van der Waals surface area contributed by atoms with Gasteiger partial charge in [-0.3, -0.25) is 9.11 Å². The van der Waals surface area contributed by atoms with Gasteiger partial charge in [0.05, 0.1) is 8.95 Å². The second-order valence-corrected chi connectivity index (χ2v) is 9.42. The van der Waals surface area contributed by atoms with Gasteiger partial charge < -0.3 is 0 Å². The minimum atomic E-state index is -5.20. The van der Waals surface area contributed by atoms with Crippen molar-refractivity contribution in [2.75, 3.05) is 0 Å². The molecule has 0 saturated heterocycles. The maximum atomic E-state index is 14.5. The molecule has 2 N–H and O–H groups in total. The van der Waals surface area contributed by atoms with Crippen LogP contribution in [0.3, 0.4) is 0 Å². The summed E-state index contributed by atoms with van der Waals surface area (Å²) < 4.78 is 118. The molecular weight excluding hydrogens is 552 g/mol. The highest BCUT2D eigenvalue weighted by Crippen LogP contribution is 2.35. The Kier molecular flexibility index (Phi) is 6.10. The summed E-state index contributed by atoms with van der Waals surface area (Å²) in [5, 5.41) is 0. The molecule has 0 atom stereocenters. The van der Waals surface area contributed by atoms with Gasteiger partial charge in [-0.15, -0.1) is 0 Å². The van der Waals surface area contributed by atoms with Gasteiger partial charge in [-0.1, -0.05) is 0 Å². The Morgan fingerprint density at radius 2 is 1.04 bits per heavy atom. The second kappa shape index (κ2) is 7.40. The van der Waals surface area contributed by atoms with E-state index in [0.29, 0.717) is 0 Å². The van der Waals surface area contributed by atoms with Crippen LogP contribution in [0.5, 0.6) is 0 Å². The van der Waals surface area contributed by atoms with Crippen molar-refractivity contribution in [3.8, 4) is 0 Å². The molecule has 0 heterocycles. The Labute approximate surface area is 167 Å². The van der Waals surface area contributed by atoms with Crippen LogP contribution < -0.4 is 0 Å². The Morgan fingerprint density at radius 3 is 1.30 bits per heavy atom. The van der Waals surface area contributed by atoms with Gasteiger partial charge in [0.15, 0.2) is 0 Å². The van der Waals surface area contributed by atoms with Crippen LogP contribution in [0, 0.1) is 23.3 Å². The van der Waals surface area contributed by atoms with E-state index in [0.717, 1.165) is 0 Å². The second-order valence-electron chi connectivity index (χ2n) is 5.05. The third-order valence-electron chi connectivity index (χ3n) is 3.34. The zero-order chi connectivity index (χ0) is 20.9. The summed E-state index contributed by atoms with van der Waals surface area (Å²) in [6.07, 6.45) is -1.04. The predicted molar refractivity (Wildman–Crippen MR) is 90.6 cm³/mol. The van der Waals surface area contributed by atoms with Crippen LogP contribution in [0.1, 0.15) is 11.1 Å². The summed E-state index contributed by atoms with van der Waals surface area (Å²) in [5.41, 5.74) is -1.71. The molecule has 2 aromatic rings. The van der Waals surface area contributed by atoms with E-state index in [1.54, 1.807) is 0 Å². The van der Waals surface area contributed by atoms with Crippen molar-refractivity contribution in [1.82, 2.24) is 0 Å². The van der Waals surface area contributed by atoms with Crippen molar-refractivity contribution < 1.29 is 43.5 Å². The van der Waals surface area contributed by atoms with Crippen LogP contribution in [0.15, 0.2) is 30.9 Å². The number of rotatable bonds is 4. The van der Waals surface area contributed by atoms with Crippen molar-refractivity contribution in [2.24, 2.45) is 0 Å². The Bertz CT molecular complexity index is 1070.